The van der Waals surface area contributed by atoms with Crippen LogP contribution in [0.2, 0.25) is 5.02 Å². The first kappa shape index (κ1) is 14.1. The summed E-state index contributed by atoms with van der Waals surface area (Å²) in [5, 5.41) is 11.2. The molecule has 3 N–H and O–H groups in total. The Hall–Kier alpha value is -1.36. The van der Waals surface area contributed by atoms with Crippen molar-refractivity contribution in [3.05, 3.63) is 46.9 Å². The van der Waals surface area contributed by atoms with Crippen LogP contribution in [0, 0.1) is 5.82 Å². The maximum atomic E-state index is 13.1. The molecule has 0 bridgehead atoms. The summed E-state index contributed by atoms with van der Waals surface area (Å²) >= 11 is 5.74. The lowest BCUT2D eigenvalue weighted by Gasteiger charge is -2.02. The summed E-state index contributed by atoms with van der Waals surface area (Å²) in [4.78, 5) is 0. The third kappa shape index (κ3) is 3.80. The molecule has 0 saturated heterocycles. The fourth-order valence-electron chi connectivity index (χ4n) is 1.76. The van der Waals surface area contributed by atoms with Crippen molar-refractivity contribution in [2.24, 2.45) is 0 Å². The molecule has 1 aromatic carbocycles. The topological polar surface area (TPSA) is 50.0 Å². The van der Waals surface area contributed by atoms with Gasteiger partial charge in [-0.3, -0.25) is 0 Å². The van der Waals surface area contributed by atoms with E-state index >= 15 is 0 Å². The molecule has 0 amide bonds. The molecule has 0 aliphatic rings. The first-order chi connectivity index (χ1) is 9.06. The quantitative estimate of drug-likeness (QED) is 0.884. The average Bonchev–Trinajstić information content (AvgIpc) is 2.81. The molecule has 102 valence electrons. The number of hydrogen-bond acceptors (Lipinski definition) is 2. The Kier molecular flexibility index (Phi) is 4.58. The highest BCUT2D eigenvalue weighted by Crippen LogP contribution is 2.26. The Labute approximate surface area is 116 Å². The zero-order valence-electron chi connectivity index (χ0n) is 10.6. The van der Waals surface area contributed by atoms with Crippen LogP contribution in [0.1, 0.15) is 12.7 Å². The minimum absolute atomic E-state index is 0.0797. The summed E-state index contributed by atoms with van der Waals surface area (Å²) in [5.74, 6) is 1.01. The molecule has 2 aromatic rings. The zero-order chi connectivity index (χ0) is 13.8. The van der Waals surface area contributed by atoms with Gasteiger partial charge in [0.25, 0.3) is 0 Å². The third-order valence-corrected chi connectivity index (χ3v) is 3.01. The van der Waals surface area contributed by atoms with Gasteiger partial charge in [0.1, 0.15) is 24.7 Å². The molecule has 0 unspecified atom stereocenters. The van der Waals surface area contributed by atoms with Gasteiger partial charge in [0.05, 0.1) is 11.1 Å². The monoisotopic (exact) mass is 284 g/mol. The number of furan rings is 1. The van der Waals surface area contributed by atoms with Crippen LogP contribution < -0.4 is 5.32 Å². The average molecular weight is 285 g/mol. The summed E-state index contributed by atoms with van der Waals surface area (Å²) < 4.78 is 18.7. The second-order valence-corrected chi connectivity index (χ2v) is 4.88. The van der Waals surface area contributed by atoms with E-state index in [-0.39, 0.29) is 11.1 Å². The van der Waals surface area contributed by atoms with Crippen LogP contribution in [0.4, 0.5) is 4.39 Å². The number of hydrogen-bond donors (Lipinski definition) is 2. The van der Waals surface area contributed by atoms with Crippen molar-refractivity contribution in [1.82, 2.24) is 0 Å². The van der Waals surface area contributed by atoms with Crippen molar-refractivity contribution in [2.45, 2.75) is 19.6 Å². The molecule has 0 radical (unpaired) electrons. The molecule has 0 aliphatic carbocycles. The lowest BCUT2D eigenvalue weighted by atomic mass is 10.2. The van der Waals surface area contributed by atoms with Gasteiger partial charge in [0.15, 0.2) is 5.76 Å². The van der Waals surface area contributed by atoms with Crippen molar-refractivity contribution in [1.29, 1.82) is 0 Å². The number of benzene rings is 1. The lowest BCUT2D eigenvalue weighted by molar-refractivity contribution is -0.677. The number of aliphatic hydroxyl groups is 1. The molecule has 1 aromatic heterocycles. The molecule has 5 heteroatoms. The largest absolute Gasteiger partial charge is 0.455 e. The van der Waals surface area contributed by atoms with Gasteiger partial charge in [-0.25, -0.2) is 4.39 Å². The van der Waals surface area contributed by atoms with E-state index in [1.807, 2.05) is 17.4 Å². The SMILES string of the molecule is C[C@@H](O)C[NH2+]Cc1ccc(-c2ccc(F)c(Cl)c2)o1. The minimum atomic E-state index is -0.442. The molecular formula is C14H16ClFNO2+. The minimum Gasteiger partial charge on any atom is -0.455 e. The van der Waals surface area contributed by atoms with Crippen LogP contribution in [-0.4, -0.2) is 17.8 Å². The van der Waals surface area contributed by atoms with E-state index in [1.165, 1.54) is 6.07 Å². The highest BCUT2D eigenvalue weighted by molar-refractivity contribution is 6.31. The van der Waals surface area contributed by atoms with Crippen molar-refractivity contribution in [2.75, 3.05) is 6.54 Å². The molecule has 19 heavy (non-hydrogen) atoms. The summed E-state index contributed by atoms with van der Waals surface area (Å²) in [6.07, 6.45) is -0.342. The van der Waals surface area contributed by atoms with Gasteiger partial charge in [-0.2, -0.15) is 0 Å². The first-order valence-corrected chi connectivity index (χ1v) is 6.48. The standard InChI is InChI=1S/C14H15ClFNO2/c1-9(18)7-17-8-11-3-5-14(19-11)10-2-4-13(16)12(15)6-10/h2-6,9,17-18H,7-8H2,1H3/p+1/t9-/m1/s1. The predicted octanol–water partition coefficient (Wildman–Crippen LogP) is 2.18. The van der Waals surface area contributed by atoms with E-state index in [4.69, 9.17) is 21.1 Å². The number of nitrogens with two attached hydrogens (primary N) is 1. The molecular weight excluding hydrogens is 269 g/mol. The summed E-state index contributed by atoms with van der Waals surface area (Å²) in [7, 11) is 0. The maximum Gasteiger partial charge on any atom is 0.158 e. The smallest absolute Gasteiger partial charge is 0.158 e. The van der Waals surface area contributed by atoms with Gasteiger partial charge in [0.2, 0.25) is 0 Å². The van der Waals surface area contributed by atoms with E-state index < -0.39 is 5.82 Å². The van der Waals surface area contributed by atoms with Crippen molar-refractivity contribution >= 4 is 11.6 Å². The van der Waals surface area contributed by atoms with Crippen LogP contribution in [-0.2, 0) is 6.54 Å². The van der Waals surface area contributed by atoms with Crippen molar-refractivity contribution < 1.29 is 19.2 Å². The fourth-order valence-corrected chi connectivity index (χ4v) is 1.94. The predicted molar refractivity (Wildman–Crippen MR) is 71.3 cm³/mol. The van der Waals surface area contributed by atoms with Crippen LogP contribution in [0.5, 0.6) is 0 Å². The van der Waals surface area contributed by atoms with E-state index in [0.29, 0.717) is 18.8 Å². The van der Waals surface area contributed by atoms with E-state index in [9.17, 15) is 4.39 Å². The van der Waals surface area contributed by atoms with E-state index in [1.54, 1.807) is 19.1 Å². The van der Waals surface area contributed by atoms with E-state index in [0.717, 1.165) is 11.3 Å². The van der Waals surface area contributed by atoms with Crippen LogP contribution in [0.15, 0.2) is 34.7 Å². The maximum absolute atomic E-state index is 13.1. The number of aliphatic hydroxyl groups excluding tert-OH is 1. The molecule has 3 nitrogen and oxygen atoms in total. The molecule has 2 rings (SSSR count). The fraction of sp³-hybridized carbons (Fsp3) is 0.286. The van der Waals surface area contributed by atoms with Gasteiger partial charge in [-0.15, -0.1) is 0 Å². The van der Waals surface area contributed by atoms with Gasteiger partial charge in [0, 0.05) is 5.56 Å². The van der Waals surface area contributed by atoms with Gasteiger partial charge in [-0.05, 0) is 37.3 Å². The Bertz CT molecular complexity index is 554. The van der Waals surface area contributed by atoms with E-state index in [2.05, 4.69) is 0 Å². The second-order valence-electron chi connectivity index (χ2n) is 4.47. The summed E-state index contributed by atoms with van der Waals surface area (Å²) in [6, 6.07) is 8.18. The van der Waals surface area contributed by atoms with Crippen LogP contribution in [0.3, 0.4) is 0 Å². The molecule has 0 aliphatic heterocycles. The molecule has 1 heterocycles. The number of quaternary nitrogens is 1. The molecule has 0 fully saturated rings. The van der Waals surface area contributed by atoms with Crippen molar-refractivity contribution in [3.8, 4) is 11.3 Å². The Balaban J connectivity index is 2.05. The Morgan fingerprint density at radius 2 is 2.16 bits per heavy atom. The third-order valence-electron chi connectivity index (χ3n) is 2.72. The molecule has 0 spiro atoms. The lowest BCUT2D eigenvalue weighted by Crippen LogP contribution is -2.84. The van der Waals surface area contributed by atoms with Gasteiger partial charge >= 0.3 is 0 Å². The highest BCUT2D eigenvalue weighted by atomic mass is 35.5. The van der Waals surface area contributed by atoms with Gasteiger partial charge in [-0.1, -0.05) is 11.6 Å². The first-order valence-electron chi connectivity index (χ1n) is 6.10. The number of halogens is 2. The molecule has 1 atom stereocenters. The summed E-state index contributed by atoms with van der Waals surface area (Å²) in [5.41, 5.74) is 0.744. The van der Waals surface area contributed by atoms with Crippen LogP contribution >= 0.6 is 11.6 Å². The molecule has 0 saturated carbocycles. The van der Waals surface area contributed by atoms with Crippen molar-refractivity contribution in [3.63, 3.8) is 0 Å². The zero-order valence-corrected chi connectivity index (χ0v) is 11.3. The number of rotatable bonds is 5. The second kappa shape index (κ2) is 6.19. The normalized spacial score (nSPS) is 12.6. The Morgan fingerprint density at radius 1 is 1.37 bits per heavy atom. The Morgan fingerprint density at radius 3 is 2.84 bits per heavy atom. The summed E-state index contributed by atoms with van der Waals surface area (Å²) in [6.45, 7) is 3.02. The highest BCUT2D eigenvalue weighted by Gasteiger charge is 2.09. The van der Waals surface area contributed by atoms with Crippen LogP contribution in [0.25, 0.3) is 11.3 Å². The van der Waals surface area contributed by atoms with Gasteiger partial charge < -0.3 is 14.8 Å².